The third-order valence-corrected chi connectivity index (χ3v) is 1.87. The van der Waals surface area contributed by atoms with E-state index in [2.05, 4.69) is 15.0 Å². The summed E-state index contributed by atoms with van der Waals surface area (Å²) >= 11 is 0. The average Bonchev–Trinajstić information content (AvgIpc) is 2.48. The smallest absolute Gasteiger partial charge is 0.335 e. The van der Waals surface area contributed by atoms with Crippen molar-refractivity contribution in [2.45, 2.75) is 0 Å². The van der Waals surface area contributed by atoms with Gasteiger partial charge in [-0.05, 0) is 18.2 Å². The number of rotatable bonds is 0. The zero-order valence-electron chi connectivity index (χ0n) is 11.3. The predicted octanol–water partition coefficient (Wildman–Crippen LogP) is 2.92. The summed E-state index contributed by atoms with van der Waals surface area (Å²) in [4.78, 5) is 23.1. The van der Waals surface area contributed by atoms with Crippen molar-refractivity contribution in [3.8, 4) is 0 Å². The Morgan fingerprint density at radius 2 is 1.33 bits per heavy atom. The van der Waals surface area contributed by atoms with Gasteiger partial charge in [-0.1, -0.05) is 24.3 Å². The minimum absolute atomic E-state index is 0.454. The second kappa shape index (κ2) is 12.0. The Kier molecular flexibility index (Phi) is 9.11. The molecule has 0 atom stereocenters. The topological polar surface area (TPSA) is 63.4 Å². The largest absolute Gasteiger partial charge is 0.431 e. The van der Waals surface area contributed by atoms with E-state index in [0.29, 0.717) is 0 Å². The number of ether oxygens (including phenoxy) is 1. The van der Waals surface area contributed by atoms with Gasteiger partial charge in [0, 0.05) is 43.3 Å². The molecule has 0 radical (unpaired) electrons. The van der Waals surface area contributed by atoms with Gasteiger partial charge in [0.2, 0.25) is 0 Å². The van der Waals surface area contributed by atoms with Gasteiger partial charge in [-0.25, -0.2) is 4.79 Å². The van der Waals surface area contributed by atoms with Crippen LogP contribution in [0.1, 0.15) is 0 Å². The van der Waals surface area contributed by atoms with Crippen LogP contribution in [0.3, 0.4) is 0 Å². The normalized spacial score (nSPS) is 16.3. The first-order valence-electron chi connectivity index (χ1n) is 6.15. The lowest BCUT2D eigenvalue weighted by Crippen LogP contribution is -1.92. The maximum atomic E-state index is 11.2. The molecule has 1 rings (SSSR count). The summed E-state index contributed by atoms with van der Waals surface area (Å²) in [6.45, 7) is 0. The molecule has 0 saturated heterocycles. The van der Waals surface area contributed by atoms with E-state index in [4.69, 9.17) is 4.74 Å². The number of carbonyl (C=O) groups excluding carboxylic acids is 1. The van der Waals surface area contributed by atoms with Gasteiger partial charge in [0.05, 0.1) is 6.26 Å². The molecule has 106 valence electrons. The third-order valence-electron chi connectivity index (χ3n) is 1.87. The van der Waals surface area contributed by atoms with Gasteiger partial charge in [-0.2, -0.15) is 0 Å². The van der Waals surface area contributed by atoms with Crippen molar-refractivity contribution in [2.24, 2.45) is 15.0 Å². The Labute approximate surface area is 123 Å². The number of carbonyl (C=O) groups is 1. The predicted molar refractivity (Wildman–Crippen MR) is 86.4 cm³/mol. The van der Waals surface area contributed by atoms with Crippen LogP contribution < -0.4 is 0 Å². The standard InChI is InChI=1S/C16H15N3O2/c20-16-8-4-3-6-10-18-12-14-19-13-11-17-9-5-1-2-7-15-21-16/h1-15H. The lowest BCUT2D eigenvalue weighted by atomic mass is 10.4. The van der Waals surface area contributed by atoms with Gasteiger partial charge in [-0.3, -0.25) is 15.0 Å². The van der Waals surface area contributed by atoms with Crippen molar-refractivity contribution in [1.29, 1.82) is 0 Å². The maximum absolute atomic E-state index is 11.2. The summed E-state index contributed by atoms with van der Waals surface area (Å²) in [5, 5.41) is 0. The Bertz CT molecular complexity index is 574. The van der Waals surface area contributed by atoms with Crippen LogP contribution in [0.4, 0.5) is 0 Å². The zero-order chi connectivity index (χ0) is 15.0. The number of allylic oxidation sites excluding steroid dienone is 7. The number of nitrogens with zero attached hydrogens (tertiary/aromatic N) is 3. The second-order valence-corrected chi connectivity index (χ2v) is 3.43. The Morgan fingerprint density at radius 3 is 2.19 bits per heavy atom. The zero-order valence-corrected chi connectivity index (χ0v) is 11.3. The van der Waals surface area contributed by atoms with Crippen molar-refractivity contribution < 1.29 is 9.53 Å². The molecule has 1 heterocycles. The Balaban J connectivity index is 2.69. The molecule has 0 amide bonds. The Morgan fingerprint density at radius 1 is 0.667 bits per heavy atom. The summed E-state index contributed by atoms with van der Waals surface area (Å²) in [6, 6.07) is 0. The minimum Gasteiger partial charge on any atom is -0.431 e. The van der Waals surface area contributed by atoms with Crippen LogP contribution in [0.5, 0.6) is 0 Å². The van der Waals surface area contributed by atoms with Gasteiger partial charge in [0.1, 0.15) is 0 Å². The monoisotopic (exact) mass is 281 g/mol. The van der Waals surface area contributed by atoms with Crippen LogP contribution in [0.15, 0.2) is 88.4 Å². The van der Waals surface area contributed by atoms with Gasteiger partial charge in [0.15, 0.2) is 0 Å². The van der Waals surface area contributed by atoms with Crippen molar-refractivity contribution in [1.82, 2.24) is 0 Å². The molecule has 0 bridgehead atoms. The van der Waals surface area contributed by atoms with Crippen LogP contribution in [0, 0.1) is 0 Å². The SMILES string of the molecule is O=C1C=CC=CC=NC=CN=CC=NC=CC=CC=CO1. The van der Waals surface area contributed by atoms with Gasteiger partial charge >= 0.3 is 5.97 Å². The molecule has 0 saturated carbocycles. The number of aliphatic imine (C=N–C) groups is 3. The van der Waals surface area contributed by atoms with E-state index < -0.39 is 5.97 Å². The first kappa shape index (κ1) is 16.0. The molecule has 0 aromatic heterocycles. The van der Waals surface area contributed by atoms with Crippen LogP contribution in [0.2, 0.25) is 0 Å². The van der Waals surface area contributed by atoms with Crippen LogP contribution in [-0.4, -0.2) is 24.6 Å². The Hall–Kier alpha value is -3.08. The minimum atomic E-state index is -0.454. The number of hydrogen-bond donors (Lipinski definition) is 0. The first-order valence-corrected chi connectivity index (χ1v) is 6.15. The summed E-state index contributed by atoms with van der Waals surface area (Å²) in [5.74, 6) is -0.454. The molecule has 1 aliphatic rings. The first-order chi connectivity index (χ1) is 10.4. The van der Waals surface area contributed by atoms with E-state index in [-0.39, 0.29) is 0 Å². The van der Waals surface area contributed by atoms with Crippen molar-refractivity contribution in [2.75, 3.05) is 0 Å². The van der Waals surface area contributed by atoms with Gasteiger partial charge in [0.25, 0.3) is 0 Å². The number of cyclic esters (lactones) is 1. The molecule has 5 heteroatoms. The van der Waals surface area contributed by atoms with E-state index in [1.165, 1.54) is 24.7 Å². The van der Waals surface area contributed by atoms with Crippen LogP contribution >= 0.6 is 0 Å². The summed E-state index contributed by atoms with van der Waals surface area (Å²) in [5.41, 5.74) is 0. The number of esters is 1. The van der Waals surface area contributed by atoms with E-state index in [1.54, 1.807) is 67.4 Å². The third kappa shape index (κ3) is 10.5. The molecule has 0 N–H and O–H groups in total. The lowest BCUT2D eigenvalue weighted by molar-refractivity contribution is -0.132. The van der Waals surface area contributed by atoms with Crippen LogP contribution in [0.25, 0.3) is 0 Å². The highest BCUT2D eigenvalue weighted by Crippen LogP contribution is 1.87. The average molecular weight is 281 g/mol. The second-order valence-electron chi connectivity index (χ2n) is 3.43. The van der Waals surface area contributed by atoms with Crippen LogP contribution in [-0.2, 0) is 9.53 Å². The van der Waals surface area contributed by atoms with E-state index >= 15 is 0 Å². The fraction of sp³-hybridized carbons (Fsp3) is 0. The summed E-state index contributed by atoms with van der Waals surface area (Å²) < 4.78 is 4.82. The number of hydrogen-bond acceptors (Lipinski definition) is 5. The molecular formula is C16H15N3O2. The van der Waals surface area contributed by atoms with E-state index in [9.17, 15) is 4.79 Å². The molecule has 0 aromatic rings. The lowest BCUT2D eigenvalue weighted by Gasteiger charge is -1.89. The van der Waals surface area contributed by atoms with Gasteiger partial charge in [-0.15, -0.1) is 0 Å². The quantitative estimate of drug-likeness (QED) is 0.641. The van der Waals surface area contributed by atoms with Gasteiger partial charge < -0.3 is 4.74 Å². The highest BCUT2D eigenvalue weighted by molar-refractivity contribution is 6.16. The molecule has 0 fully saturated rings. The molecule has 0 aromatic carbocycles. The van der Waals surface area contributed by atoms with Crippen molar-refractivity contribution in [3.63, 3.8) is 0 Å². The summed E-state index contributed by atoms with van der Waals surface area (Å²) in [7, 11) is 0. The molecular weight excluding hydrogens is 266 g/mol. The summed E-state index contributed by atoms with van der Waals surface area (Å²) in [6.07, 6.45) is 23.7. The van der Waals surface area contributed by atoms with E-state index in [0.717, 1.165) is 0 Å². The molecule has 0 spiro atoms. The highest BCUT2D eigenvalue weighted by Gasteiger charge is 1.89. The molecule has 21 heavy (non-hydrogen) atoms. The molecule has 0 aliphatic carbocycles. The molecule has 1 aliphatic heterocycles. The molecule has 5 nitrogen and oxygen atoms in total. The van der Waals surface area contributed by atoms with Crippen molar-refractivity contribution in [3.05, 3.63) is 73.5 Å². The van der Waals surface area contributed by atoms with E-state index in [1.807, 2.05) is 0 Å². The fourth-order valence-electron chi connectivity index (χ4n) is 1.02. The molecule has 0 unspecified atom stereocenters. The van der Waals surface area contributed by atoms with Crippen molar-refractivity contribution >= 4 is 24.6 Å². The highest BCUT2D eigenvalue weighted by atomic mass is 16.5. The fourth-order valence-corrected chi connectivity index (χ4v) is 1.02. The maximum Gasteiger partial charge on any atom is 0.335 e.